The van der Waals surface area contributed by atoms with Crippen LogP contribution in [0.4, 0.5) is 21.9 Å². The number of aryl methyl sites for hydroxylation is 1. The zero-order valence-electron chi connectivity index (χ0n) is 11.4. The number of carbonyl (C=O) groups is 1. The summed E-state index contributed by atoms with van der Waals surface area (Å²) < 4.78 is 0. The molecule has 0 saturated heterocycles. The molecule has 0 atom stereocenters. The molecule has 1 heterocycles. The average Bonchev–Trinajstić information content (AvgIpc) is 2.49. The van der Waals surface area contributed by atoms with Crippen molar-refractivity contribution in [3.63, 3.8) is 0 Å². The number of hydrogen-bond donors (Lipinski definition) is 2. The van der Waals surface area contributed by atoms with Crippen molar-refractivity contribution in [2.24, 2.45) is 0 Å². The van der Waals surface area contributed by atoms with Gasteiger partial charge in [-0.1, -0.05) is 29.8 Å². The van der Waals surface area contributed by atoms with Crippen molar-refractivity contribution in [3.8, 4) is 0 Å². The molecule has 0 fully saturated rings. The molecule has 1 aliphatic heterocycles. The topological polar surface area (TPSA) is 44.4 Å². The number of nitrogens with one attached hydrogen (secondary N) is 2. The van der Waals surface area contributed by atoms with Crippen molar-refractivity contribution in [3.05, 3.63) is 54.1 Å². The van der Waals surface area contributed by atoms with Gasteiger partial charge in [0.25, 0.3) is 0 Å². The molecule has 4 heteroatoms. The minimum absolute atomic E-state index is 0.0946. The summed E-state index contributed by atoms with van der Waals surface area (Å²) in [5, 5.41) is 6.24. The summed E-state index contributed by atoms with van der Waals surface area (Å²) in [6.45, 7) is 3.45. The van der Waals surface area contributed by atoms with E-state index in [2.05, 4.69) is 10.6 Å². The van der Waals surface area contributed by atoms with E-state index in [4.69, 9.17) is 0 Å². The van der Waals surface area contributed by atoms with Crippen molar-refractivity contribution < 1.29 is 4.79 Å². The van der Waals surface area contributed by atoms with Gasteiger partial charge in [0.05, 0.1) is 11.4 Å². The second kappa shape index (κ2) is 5.25. The highest BCUT2D eigenvalue weighted by Gasteiger charge is 2.21. The summed E-state index contributed by atoms with van der Waals surface area (Å²) in [4.78, 5) is 14.2. The molecule has 1 aliphatic rings. The van der Waals surface area contributed by atoms with Gasteiger partial charge in [0, 0.05) is 18.8 Å². The van der Waals surface area contributed by atoms with Crippen LogP contribution in [-0.2, 0) is 0 Å². The van der Waals surface area contributed by atoms with Gasteiger partial charge >= 0.3 is 6.03 Å². The molecule has 4 nitrogen and oxygen atoms in total. The summed E-state index contributed by atoms with van der Waals surface area (Å²) in [5.41, 5.74) is 3.91. The van der Waals surface area contributed by atoms with Gasteiger partial charge in [-0.15, -0.1) is 0 Å². The lowest BCUT2D eigenvalue weighted by molar-refractivity contribution is 0.257. The number of carbonyl (C=O) groups excluding carboxylic acids is 1. The second-order valence-electron chi connectivity index (χ2n) is 4.89. The van der Waals surface area contributed by atoms with Crippen LogP contribution in [0, 0.1) is 6.92 Å². The van der Waals surface area contributed by atoms with E-state index in [9.17, 15) is 4.79 Å². The molecule has 20 heavy (non-hydrogen) atoms. The third kappa shape index (κ3) is 2.45. The third-order valence-electron chi connectivity index (χ3n) is 3.39. The maximum atomic E-state index is 12.4. The van der Waals surface area contributed by atoms with Crippen LogP contribution in [-0.4, -0.2) is 19.1 Å². The van der Waals surface area contributed by atoms with E-state index in [1.54, 1.807) is 4.90 Å². The highest BCUT2D eigenvalue weighted by molar-refractivity contribution is 6.04. The van der Waals surface area contributed by atoms with Crippen LogP contribution in [0.3, 0.4) is 0 Å². The summed E-state index contributed by atoms with van der Waals surface area (Å²) in [6.07, 6.45) is 0. The number of anilines is 3. The summed E-state index contributed by atoms with van der Waals surface area (Å²) in [7, 11) is 0. The Labute approximate surface area is 118 Å². The second-order valence-corrected chi connectivity index (χ2v) is 4.89. The Morgan fingerprint density at radius 1 is 1.15 bits per heavy atom. The molecule has 0 saturated carbocycles. The van der Waals surface area contributed by atoms with E-state index in [0.29, 0.717) is 6.54 Å². The lowest BCUT2D eigenvalue weighted by atomic mass is 10.2. The van der Waals surface area contributed by atoms with Crippen LogP contribution in [0.25, 0.3) is 0 Å². The Balaban J connectivity index is 1.80. The highest BCUT2D eigenvalue weighted by Crippen LogP contribution is 2.28. The molecular formula is C16H17N3O. The van der Waals surface area contributed by atoms with Crippen LogP contribution < -0.4 is 15.5 Å². The van der Waals surface area contributed by atoms with Crippen LogP contribution in [0.2, 0.25) is 0 Å². The fourth-order valence-corrected chi connectivity index (χ4v) is 2.32. The predicted octanol–water partition coefficient (Wildman–Crippen LogP) is 3.46. The molecular weight excluding hydrogens is 250 g/mol. The van der Waals surface area contributed by atoms with E-state index in [1.807, 2.05) is 55.5 Å². The van der Waals surface area contributed by atoms with Gasteiger partial charge in [-0.2, -0.15) is 0 Å². The normalized spacial score (nSPS) is 13.3. The number of urea groups is 1. The van der Waals surface area contributed by atoms with E-state index in [1.165, 1.54) is 5.56 Å². The lowest BCUT2D eigenvalue weighted by Crippen LogP contribution is -2.41. The predicted molar refractivity (Wildman–Crippen MR) is 82.5 cm³/mol. The van der Waals surface area contributed by atoms with Crippen LogP contribution >= 0.6 is 0 Å². The van der Waals surface area contributed by atoms with Crippen LogP contribution in [0.15, 0.2) is 48.5 Å². The molecule has 2 N–H and O–H groups in total. The van der Waals surface area contributed by atoms with Crippen LogP contribution in [0.5, 0.6) is 0 Å². The van der Waals surface area contributed by atoms with E-state index >= 15 is 0 Å². The fraction of sp³-hybridized carbons (Fsp3) is 0.188. The summed E-state index contributed by atoms with van der Waals surface area (Å²) >= 11 is 0. The summed E-state index contributed by atoms with van der Waals surface area (Å²) in [5.74, 6) is 0. The Morgan fingerprint density at radius 3 is 2.70 bits per heavy atom. The zero-order chi connectivity index (χ0) is 13.9. The van der Waals surface area contributed by atoms with Crippen molar-refractivity contribution in [1.82, 2.24) is 0 Å². The van der Waals surface area contributed by atoms with Gasteiger partial charge in [-0.05, 0) is 31.2 Å². The monoisotopic (exact) mass is 267 g/mol. The van der Waals surface area contributed by atoms with Gasteiger partial charge in [0.15, 0.2) is 0 Å². The first-order chi connectivity index (χ1) is 9.74. The quantitative estimate of drug-likeness (QED) is 0.831. The molecule has 2 aromatic carbocycles. The maximum Gasteiger partial charge on any atom is 0.326 e. The molecule has 0 aliphatic carbocycles. The summed E-state index contributed by atoms with van der Waals surface area (Å²) in [6, 6.07) is 15.6. The fourth-order valence-electron chi connectivity index (χ4n) is 2.32. The lowest BCUT2D eigenvalue weighted by Gasteiger charge is -2.30. The van der Waals surface area contributed by atoms with Gasteiger partial charge in [-0.25, -0.2) is 4.79 Å². The standard InChI is InChI=1S/C16H17N3O/c1-12-6-8-13(9-7-12)18-16(20)19-11-10-17-14-4-2-3-5-15(14)19/h2-9,17H,10-11H2,1H3,(H,18,20). The molecule has 3 rings (SSSR count). The Hall–Kier alpha value is -2.49. The SMILES string of the molecule is Cc1ccc(NC(=O)N2CCNc3ccccc32)cc1. The highest BCUT2D eigenvalue weighted by atomic mass is 16.2. The number of rotatable bonds is 1. The number of benzene rings is 2. The van der Waals surface area contributed by atoms with E-state index < -0.39 is 0 Å². The van der Waals surface area contributed by atoms with E-state index in [0.717, 1.165) is 23.6 Å². The van der Waals surface area contributed by atoms with Crippen molar-refractivity contribution >= 4 is 23.1 Å². The van der Waals surface area contributed by atoms with Gasteiger partial charge in [0.2, 0.25) is 0 Å². The first kappa shape index (κ1) is 12.5. The molecule has 2 aromatic rings. The molecule has 0 radical (unpaired) electrons. The zero-order valence-corrected chi connectivity index (χ0v) is 11.4. The first-order valence-electron chi connectivity index (χ1n) is 6.72. The van der Waals surface area contributed by atoms with Gasteiger partial charge in [0.1, 0.15) is 0 Å². The average molecular weight is 267 g/mol. The minimum Gasteiger partial charge on any atom is -0.382 e. The van der Waals surface area contributed by atoms with E-state index in [-0.39, 0.29) is 6.03 Å². The smallest absolute Gasteiger partial charge is 0.326 e. The molecule has 0 aromatic heterocycles. The molecule has 0 spiro atoms. The number of hydrogen-bond acceptors (Lipinski definition) is 2. The molecule has 102 valence electrons. The van der Waals surface area contributed by atoms with Crippen molar-refractivity contribution in [1.29, 1.82) is 0 Å². The van der Waals surface area contributed by atoms with Crippen molar-refractivity contribution in [2.75, 3.05) is 28.6 Å². The number of fused-ring (bicyclic) bond motifs is 1. The van der Waals surface area contributed by atoms with Gasteiger partial charge in [-0.3, -0.25) is 4.90 Å². The largest absolute Gasteiger partial charge is 0.382 e. The number of amides is 2. The first-order valence-corrected chi connectivity index (χ1v) is 6.72. The molecule has 0 unspecified atom stereocenters. The van der Waals surface area contributed by atoms with Gasteiger partial charge < -0.3 is 10.6 Å². The van der Waals surface area contributed by atoms with Crippen molar-refractivity contribution in [2.45, 2.75) is 6.92 Å². The Morgan fingerprint density at radius 2 is 1.90 bits per heavy atom. The minimum atomic E-state index is -0.0946. The Kier molecular flexibility index (Phi) is 3.29. The maximum absolute atomic E-state index is 12.4. The Bertz CT molecular complexity index is 622. The third-order valence-corrected chi connectivity index (χ3v) is 3.39. The number of para-hydroxylation sites is 2. The molecule has 2 amide bonds. The van der Waals surface area contributed by atoms with Crippen LogP contribution in [0.1, 0.15) is 5.56 Å². The molecule has 0 bridgehead atoms. The number of nitrogens with zero attached hydrogens (tertiary/aromatic N) is 1.